The minimum absolute atomic E-state index is 0.168. The van der Waals surface area contributed by atoms with Gasteiger partial charge in [-0.05, 0) is 29.8 Å². The number of fused-ring (bicyclic) bond motifs is 1. The molecule has 29 heavy (non-hydrogen) atoms. The first-order chi connectivity index (χ1) is 14.0. The minimum atomic E-state index is -0.514. The second-order valence-electron chi connectivity index (χ2n) is 6.68. The van der Waals surface area contributed by atoms with Crippen LogP contribution in [0.4, 0.5) is 0 Å². The number of rotatable bonds is 4. The van der Waals surface area contributed by atoms with Crippen molar-refractivity contribution in [3.63, 3.8) is 0 Å². The third kappa shape index (κ3) is 3.36. The van der Waals surface area contributed by atoms with Gasteiger partial charge >= 0.3 is 11.4 Å². The minimum Gasteiger partial charge on any atom is -0.489 e. The Morgan fingerprint density at radius 3 is 2.31 bits per heavy atom. The lowest BCUT2D eigenvalue weighted by Crippen LogP contribution is -2.43. The number of aromatic nitrogens is 4. The quantitative estimate of drug-likeness (QED) is 0.561. The number of aromatic amines is 2. The Morgan fingerprint density at radius 2 is 1.62 bits per heavy atom. The molecule has 4 aromatic rings. The standard InChI is InChI=1S/C21H18N4O4/c1-24-18-16(19(26)25(2)21(24)28)17(22-20(27)23-18)14-8-10-15(11-9-14)29-12-13-6-4-3-5-7-13/h3-11H,12H2,1-2H3,(H,22,23,27)/p+1. The molecule has 0 fully saturated rings. The number of hydrogen-bond acceptors (Lipinski definition) is 4. The Labute approximate surface area is 164 Å². The Kier molecular flexibility index (Phi) is 4.59. The number of nitrogens with zero attached hydrogens (tertiary/aromatic N) is 2. The smallest absolute Gasteiger partial charge is 0.439 e. The van der Waals surface area contributed by atoms with Gasteiger partial charge in [-0.25, -0.2) is 28.7 Å². The SMILES string of the molecule is Cn1c(=O)c2c(-c3ccc(OCc4ccccc4)cc3)[nH]c(=O)[nH+]c2n(C)c1=O. The molecule has 0 saturated heterocycles. The van der Waals surface area contributed by atoms with Crippen LogP contribution in [0.3, 0.4) is 0 Å². The predicted molar refractivity (Wildman–Crippen MR) is 108 cm³/mol. The third-order valence-electron chi connectivity index (χ3n) is 4.78. The highest BCUT2D eigenvalue weighted by Gasteiger charge is 2.20. The number of H-pyrrole nitrogens is 2. The van der Waals surface area contributed by atoms with Crippen LogP contribution in [-0.2, 0) is 20.7 Å². The molecule has 0 aliphatic carbocycles. The summed E-state index contributed by atoms with van der Waals surface area (Å²) in [6.45, 7) is 0.433. The van der Waals surface area contributed by atoms with E-state index in [0.29, 0.717) is 23.6 Å². The van der Waals surface area contributed by atoms with E-state index in [0.717, 1.165) is 10.1 Å². The van der Waals surface area contributed by atoms with Gasteiger partial charge < -0.3 is 4.74 Å². The summed E-state index contributed by atoms with van der Waals surface area (Å²) in [7, 11) is 2.91. The van der Waals surface area contributed by atoms with Crippen molar-refractivity contribution in [3.8, 4) is 17.0 Å². The van der Waals surface area contributed by atoms with Crippen LogP contribution in [0.15, 0.2) is 69.0 Å². The number of hydrogen-bond donors (Lipinski definition) is 1. The second-order valence-corrected chi connectivity index (χ2v) is 6.68. The summed E-state index contributed by atoms with van der Waals surface area (Å²) in [6, 6.07) is 16.9. The van der Waals surface area contributed by atoms with E-state index in [1.54, 1.807) is 24.3 Å². The number of aryl methyl sites for hydroxylation is 1. The molecule has 2 aromatic heterocycles. The van der Waals surface area contributed by atoms with Crippen LogP contribution in [0.5, 0.6) is 5.75 Å². The van der Waals surface area contributed by atoms with Crippen LogP contribution in [0.2, 0.25) is 0 Å². The third-order valence-corrected chi connectivity index (χ3v) is 4.78. The Morgan fingerprint density at radius 1 is 0.931 bits per heavy atom. The molecular formula is C21H19N4O4+. The molecule has 0 spiro atoms. The fraction of sp³-hybridized carbons (Fsp3) is 0.143. The molecule has 8 nitrogen and oxygen atoms in total. The van der Waals surface area contributed by atoms with Gasteiger partial charge in [-0.15, -0.1) is 0 Å². The van der Waals surface area contributed by atoms with Crippen molar-refractivity contribution in [1.82, 2.24) is 14.1 Å². The van der Waals surface area contributed by atoms with Gasteiger partial charge in [0.25, 0.3) is 5.56 Å². The lowest BCUT2D eigenvalue weighted by molar-refractivity contribution is -0.374. The first-order valence-electron chi connectivity index (χ1n) is 8.98. The van der Waals surface area contributed by atoms with Gasteiger partial charge in [0.05, 0.1) is 7.05 Å². The summed E-state index contributed by atoms with van der Waals surface area (Å²) in [5.41, 5.74) is 0.671. The maximum Gasteiger partial charge on any atom is 0.439 e. The van der Waals surface area contributed by atoms with Crippen LogP contribution in [0, 0.1) is 0 Å². The average molecular weight is 391 g/mol. The molecule has 0 atom stereocenters. The normalized spacial score (nSPS) is 11.0. The van der Waals surface area contributed by atoms with Crippen molar-refractivity contribution in [2.45, 2.75) is 6.61 Å². The topological polar surface area (TPSA) is 100 Å². The molecule has 4 rings (SSSR count). The first-order valence-corrected chi connectivity index (χ1v) is 8.98. The van der Waals surface area contributed by atoms with Gasteiger partial charge in [0.1, 0.15) is 18.1 Å². The molecule has 2 heterocycles. The van der Waals surface area contributed by atoms with E-state index in [2.05, 4.69) is 9.97 Å². The van der Waals surface area contributed by atoms with Crippen molar-refractivity contribution in [1.29, 1.82) is 0 Å². The van der Waals surface area contributed by atoms with Gasteiger partial charge in [-0.2, -0.15) is 0 Å². The molecule has 0 aliphatic heterocycles. The largest absolute Gasteiger partial charge is 0.489 e. The maximum atomic E-state index is 12.7. The van der Waals surface area contributed by atoms with Crippen LogP contribution >= 0.6 is 0 Å². The van der Waals surface area contributed by atoms with Gasteiger partial charge in [0.2, 0.25) is 5.65 Å². The van der Waals surface area contributed by atoms with E-state index in [9.17, 15) is 14.4 Å². The van der Waals surface area contributed by atoms with Crippen LogP contribution < -0.4 is 26.7 Å². The molecule has 0 radical (unpaired) electrons. The summed E-state index contributed by atoms with van der Waals surface area (Å²) in [4.78, 5) is 42.2. The van der Waals surface area contributed by atoms with E-state index in [4.69, 9.17) is 4.74 Å². The fourth-order valence-corrected chi connectivity index (χ4v) is 3.21. The molecule has 0 aliphatic rings. The molecule has 0 bridgehead atoms. The van der Waals surface area contributed by atoms with E-state index >= 15 is 0 Å². The highest BCUT2D eigenvalue weighted by molar-refractivity contribution is 5.87. The van der Waals surface area contributed by atoms with Crippen molar-refractivity contribution in [3.05, 3.63) is 91.5 Å². The van der Waals surface area contributed by atoms with Crippen LogP contribution in [0.25, 0.3) is 22.3 Å². The van der Waals surface area contributed by atoms with E-state index in [1.165, 1.54) is 18.7 Å². The molecule has 146 valence electrons. The highest BCUT2D eigenvalue weighted by Crippen LogP contribution is 2.23. The van der Waals surface area contributed by atoms with E-state index in [-0.39, 0.29) is 11.0 Å². The zero-order valence-corrected chi connectivity index (χ0v) is 15.9. The first kappa shape index (κ1) is 18.4. The molecular weight excluding hydrogens is 372 g/mol. The van der Waals surface area contributed by atoms with Crippen molar-refractivity contribution >= 4 is 11.0 Å². The molecule has 2 aromatic carbocycles. The Balaban J connectivity index is 1.76. The zero-order chi connectivity index (χ0) is 20.5. The average Bonchev–Trinajstić information content (AvgIpc) is 2.75. The number of ether oxygens (including phenoxy) is 1. The molecule has 0 unspecified atom stereocenters. The monoisotopic (exact) mass is 391 g/mol. The lowest BCUT2D eigenvalue weighted by Gasteiger charge is -2.08. The van der Waals surface area contributed by atoms with E-state index in [1.807, 2.05) is 30.3 Å². The van der Waals surface area contributed by atoms with Crippen LogP contribution in [0.1, 0.15) is 5.56 Å². The van der Waals surface area contributed by atoms with Crippen LogP contribution in [-0.4, -0.2) is 14.1 Å². The molecule has 8 heteroatoms. The number of nitrogens with one attached hydrogen (secondary N) is 2. The summed E-state index contributed by atoms with van der Waals surface area (Å²) >= 11 is 0. The van der Waals surface area contributed by atoms with Crippen molar-refractivity contribution < 1.29 is 9.72 Å². The molecule has 0 amide bonds. The van der Waals surface area contributed by atoms with E-state index < -0.39 is 16.9 Å². The molecule has 0 saturated carbocycles. The molecule has 2 N–H and O–H groups in total. The van der Waals surface area contributed by atoms with Gasteiger partial charge in [-0.3, -0.25) is 4.79 Å². The second kappa shape index (κ2) is 7.23. The summed E-state index contributed by atoms with van der Waals surface area (Å²) in [5.74, 6) is 0.659. The van der Waals surface area contributed by atoms with Crippen molar-refractivity contribution in [2.75, 3.05) is 0 Å². The maximum absolute atomic E-state index is 12.7. The van der Waals surface area contributed by atoms with Gasteiger partial charge in [0, 0.05) is 12.6 Å². The lowest BCUT2D eigenvalue weighted by atomic mass is 10.1. The highest BCUT2D eigenvalue weighted by atomic mass is 16.5. The fourth-order valence-electron chi connectivity index (χ4n) is 3.21. The number of benzene rings is 2. The van der Waals surface area contributed by atoms with Crippen molar-refractivity contribution in [2.24, 2.45) is 14.1 Å². The van der Waals surface area contributed by atoms with Gasteiger partial charge in [0.15, 0.2) is 5.39 Å². The summed E-state index contributed by atoms with van der Waals surface area (Å²) < 4.78 is 8.03. The Bertz CT molecular complexity index is 1370. The summed E-state index contributed by atoms with van der Waals surface area (Å²) in [5, 5.41) is 0.229. The zero-order valence-electron chi connectivity index (χ0n) is 15.9. The summed E-state index contributed by atoms with van der Waals surface area (Å²) in [6.07, 6.45) is 0. The Hall–Kier alpha value is -3.94. The van der Waals surface area contributed by atoms with Gasteiger partial charge in [-0.1, -0.05) is 30.3 Å². The predicted octanol–water partition coefficient (Wildman–Crippen LogP) is 0.986.